The topological polar surface area (TPSA) is 17.1 Å². The van der Waals surface area contributed by atoms with Gasteiger partial charge >= 0.3 is 0 Å². The van der Waals surface area contributed by atoms with Crippen molar-refractivity contribution in [1.82, 2.24) is 0 Å². The van der Waals surface area contributed by atoms with Gasteiger partial charge in [-0.3, -0.25) is 4.79 Å². The number of hydrogen-bond acceptors (Lipinski definition) is 1. The first kappa shape index (κ1) is 14.5. The summed E-state index contributed by atoms with van der Waals surface area (Å²) < 4.78 is 0. The van der Waals surface area contributed by atoms with Crippen LogP contribution in [0.2, 0.25) is 0 Å². The average Bonchev–Trinajstić information content (AvgIpc) is 2.35. The Kier molecular flexibility index (Phi) is 5.42. The number of carbonyl (C=O) groups excluding carboxylic acids is 1. The normalized spacial score (nSPS) is 37.8. The van der Waals surface area contributed by atoms with E-state index in [1.165, 1.54) is 19.3 Å². The van der Waals surface area contributed by atoms with Crippen LogP contribution in [-0.4, -0.2) is 5.78 Å². The number of ketones is 1. The third kappa shape index (κ3) is 2.81. The van der Waals surface area contributed by atoms with Crippen LogP contribution in [0.1, 0.15) is 53.4 Å². The summed E-state index contributed by atoms with van der Waals surface area (Å²) in [5, 5.41) is 0. The largest absolute Gasteiger partial charge is 0.300 e. The summed E-state index contributed by atoms with van der Waals surface area (Å²) in [5.74, 6) is 3.02. The van der Waals surface area contributed by atoms with Crippen LogP contribution in [0.4, 0.5) is 0 Å². The van der Waals surface area contributed by atoms with Crippen LogP contribution in [0.25, 0.3) is 0 Å². The number of allylic oxidation sites excluding steroid dienone is 1. The number of hydrogen-bond donors (Lipinski definition) is 0. The molecule has 0 radical (unpaired) electrons. The molecule has 0 aliphatic heterocycles. The molecular weight excluding hydrogens is 208 g/mol. The highest BCUT2D eigenvalue weighted by Crippen LogP contribution is 2.47. The molecular formula is C16H28O. The molecule has 1 aliphatic carbocycles. The Labute approximate surface area is 107 Å². The number of carbonyl (C=O) groups is 1. The fourth-order valence-electron chi connectivity index (χ4n) is 4.02. The summed E-state index contributed by atoms with van der Waals surface area (Å²) in [4.78, 5) is 11.9. The van der Waals surface area contributed by atoms with Gasteiger partial charge in [0.1, 0.15) is 5.78 Å². The highest BCUT2D eigenvalue weighted by Gasteiger charge is 2.42. The summed E-state index contributed by atoms with van der Waals surface area (Å²) in [7, 11) is 0. The van der Waals surface area contributed by atoms with Gasteiger partial charge in [0.15, 0.2) is 0 Å². The quantitative estimate of drug-likeness (QED) is 0.643. The highest BCUT2D eigenvalue weighted by molar-refractivity contribution is 5.79. The third-order valence-electron chi connectivity index (χ3n) is 4.89. The fourth-order valence-corrected chi connectivity index (χ4v) is 4.02. The van der Waals surface area contributed by atoms with E-state index in [-0.39, 0.29) is 5.92 Å². The second kappa shape index (κ2) is 6.37. The van der Waals surface area contributed by atoms with E-state index in [0.29, 0.717) is 23.5 Å². The van der Waals surface area contributed by atoms with Gasteiger partial charge in [0, 0.05) is 5.92 Å². The fraction of sp³-hybridized carbons (Fsp3) is 0.812. The van der Waals surface area contributed by atoms with Gasteiger partial charge < -0.3 is 0 Å². The van der Waals surface area contributed by atoms with Crippen LogP contribution in [0, 0.1) is 29.6 Å². The molecule has 1 fully saturated rings. The van der Waals surface area contributed by atoms with E-state index >= 15 is 0 Å². The predicted octanol–water partition coefficient (Wildman–Crippen LogP) is 4.48. The summed E-state index contributed by atoms with van der Waals surface area (Å²) in [5.41, 5.74) is 0. The van der Waals surface area contributed by atoms with E-state index in [1.54, 1.807) is 6.92 Å². The molecule has 1 rings (SSSR count). The van der Waals surface area contributed by atoms with Crippen LogP contribution in [-0.2, 0) is 4.79 Å². The molecule has 98 valence electrons. The third-order valence-corrected chi connectivity index (χ3v) is 4.89. The molecule has 5 unspecified atom stereocenters. The predicted molar refractivity (Wildman–Crippen MR) is 73.8 cm³/mol. The van der Waals surface area contributed by atoms with Crippen molar-refractivity contribution in [3.8, 4) is 0 Å². The lowest BCUT2D eigenvalue weighted by molar-refractivity contribution is -0.127. The van der Waals surface area contributed by atoms with Crippen molar-refractivity contribution < 1.29 is 4.79 Å². The zero-order valence-corrected chi connectivity index (χ0v) is 11.9. The van der Waals surface area contributed by atoms with E-state index in [2.05, 4.69) is 33.4 Å². The molecule has 1 heteroatoms. The molecule has 0 bridgehead atoms. The van der Waals surface area contributed by atoms with Gasteiger partial charge in [-0.15, -0.1) is 6.58 Å². The van der Waals surface area contributed by atoms with E-state index < -0.39 is 0 Å². The molecule has 1 saturated carbocycles. The van der Waals surface area contributed by atoms with E-state index in [4.69, 9.17) is 0 Å². The van der Waals surface area contributed by atoms with Crippen molar-refractivity contribution in [2.75, 3.05) is 0 Å². The molecule has 17 heavy (non-hydrogen) atoms. The summed E-state index contributed by atoms with van der Waals surface area (Å²) in [6.45, 7) is 12.5. The van der Waals surface area contributed by atoms with E-state index in [1.807, 2.05) is 0 Å². The van der Waals surface area contributed by atoms with Crippen LogP contribution in [0.15, 0.2) is 12.7 Å². The first-order valence-electron chi connectivity index (χ1n) is 7.23. The number of Topliss-reactive ketones (excluding diaryl/α,β-unsaturated/α-hetero) is 1. The monoisotopic (exact) mass is 236 g/mol. The lowest BCUT2D eigenvalue weighted by Gasteiger charge is -2.45. The summed E-state index contributed by atoms with van der Waals surface area (Å²) in [6.07, 6.45) is 6.84. The van der Waals surface area contributed by atoms with Crippen LogP contribution < -0.4 is 0 Å². The van der Waals surface area contributed by atoms with E-state index in [9.17, 15) is 4.79 Å². The second-order valence-corrected chi connectivity index (χ2v) is 5.59. The van der Waals surface area contributed by atoms with Crippen molar-refractivity contribution in [3.63, 3.8) is 0 Å². The smallest absolute Gasteiger partial charge is 0.133 e. The highest BCUT2D eigenvalue weighted by atomic mass is 16.1. The first-order chi connectivity index (χ1) is 8.10. The SMILES string of the molecule is C=CC1C(CC)C(CC)CC(CC)C1C(C)=O. The van der Waals surface area contributed by atoms with Gasteiger partial charge in [-0.2, -0.15) is 0 Å². The minimum absolute atomic E-state index is 0.227. The first-order valence-corrected chi connectivity index (χ1v) is 7.23. The zero-order chi connectivity index (χ0) is 13.0. The molecule has 1 nitrogen and oxygen atoms in total. The zero-order valence-electron chi connectivity index (χ0n) is 11.9. The van der Waals surface area contributed by atoms with Crippen molar-refractivity contribution in [2.24, 2.45) is 29.6 Å². The molecule has 0 aromatic carbocycles. The van der Waals surface area contributed by atoms with Crippen LogP contribution in [0.3, 0.4) is 0 Å². The maximum Gasteiger partial charge on any atom is 0.133 e. The van der Waals surface area contributed by atoms with Gasteiger partial charge in [0.2, 0.25) is 0 Å². The van der Waals surface area contributed by atoms with Gasteiger partial charge in [-0.1, -0.05) is 46.1 Å². The van der Waals surface area contributed by atoms with Crippen LogP contribution in [0.5, 0.6) is 0 Å². The molecule has 0 spiro atoms. The van der Waals surface area contributed by atoms with Crippen LogP contribution >= 0.6 is 0 Å². The Morgan fingerprint density at radius 1 is 1.18 bits per heavy atom. The maximum atomic E-state index is 11.9. The van der Waals surface area contributed by atoms with Crippen molar-refractivity contribution in [3.05, 3.63) is 12.7 Å². The Hall–Kier alpha value is -0.590. The Balaban J connectivity index is 3.02. The summed E-state index contributed by atoms with van der Waals surface area (Å²) >= 11 is 0. The molecule has 0 amide bonds. The van der Waals surface area contributed by atoms with E-state index in [0.717, 1.165) is 12.3 Å². The lowest BCUT2D eigenvalue weighted by Crippen LogP contribution is -2.42. The van der Waals surface area contributed by atoms with Gasteiger partial charge in [0.05, 0.1) is 0 Å². The lowest BCUT2D eigenvalue weighted by atomic mass is 9.59. The maximum absolute atomic E-state index is 11.9. The number of rotatable bonds is 5. The average molecular weight is 236 g/mol. The van der Waals surface area contributed by atoms with Gasteiger partial charge in [-0.25, -0.2) is 0 Å². The molecule has 0 aromatic heterocycles. The Bertz CT molecular complexity index is 269. The molecule has 0 aromatic rings. The molecule has 0 heterocycles. The Morgan fingerprint density at radius 3 is 2.12 bits per heavy atom. The Morgan fingerprint density at radius 2 is 1.76 bits per heavy atom. The second-order valence-electron chi connectivity index (χ2n) is 5.59. The molecule has 5 atom stereocenters. The summed E-state index contributed by atoms with van der Waals surface area (Å²) in [6, 6.07) is 0. The van der Waals surface area contributed by atoms with Crippen molar-refractivity contribution in [1.29, 1.82) is 0 Å². The van der Waals surface area contributed by atoms with Gasteiger partial charge in [0.25, 0.3) is 0 Å². The van der Waals surface area contributed by atoms with Crippen molar-refractivity contribution in [2.45, 2.75) is 53.4 Å². The molecule has 0 saturated heterocycles. The minimum Gasteiger partial charge on any atom is -0.300 e. The molecule has 1 aliphatic rings. The molecule has 0 N–H and O–H groups in total. The van der Waals surface area contributed by atoms with Crippen molar-refractivity contribution >= 4 is 5.78 Å². The minimum atomic E-state index is 0.227. The van der Waals surface area contributed by atoms with Gasteiger partial charge in [-0.05, 0) is 37.0 Å². The standard InChI is InChI=1S/C16H28O/c1-6-12-10-13(7-2)16(11(5)17)15(9-4)14(12)8-3/h9,12-16H,4,6-8,10H2,1-3,5H3.